The van der Waals surface area contributed by atoms with Crippen LogP contribution in [0.15, 0.2) is 23.6 Å². The van der Waals surface area contributed by atoms with Crippen LogP contribution in [-0.2, 0) is 0 Å². The Balaban J connectivity index is 2.78. The minimum absolute atomic E-state index is 0.314. The molecule has 5 heteroatoms. The third-order valence-electron chi connectivity index (χ3n) is 2.00. The van der Waals surface area contributed by atoms with E-state index in [2.05, 4.69) is 5.43 Å². The fraction of sp³-hybridized carbons (Fsp3) is 0. The van der Waals surface area contributed by atoms with Gasteiger partial charge in [0.2, 0.25) is 0 Å². The first-order valence-electron chi connectivity index (χ1n) is 3.94. The molecule has 4 N–H and O–H groups in total. The van der Waals surface area contributed by atoms with Crippen molar-refractivity contribution in [2.24, 2.45) is 5.84 Å². The second-order valence-electron chi connectivity index (χ2n) is 2.77. The van der Waals surface area contributed by atoms with Gasteiger partial charge in [0.25, 0.3) is 0 Å². The maximum atomic E-state index is 10.9. The lowest BCUT2D eigenvalue weighted by Gasteiger charge is -2.03. The number of hydrazine groups is 1. The normalized spacial score (nSPS) is 10.4. The number of benzene rings is 1. The Morgan fingerprint density at radius 3 is 2.86 bits per heavy atom. The fourth-order valence-corrected chi connectivity index (χ4v) is 2.28. The van der Waals surface area contributed by atoms with Gasteiger partial charge in [0, 0.05) is 5.39 Å². The number of hydrogen-bond acceptors (Lipinski definition) is 4. The Labute approximate surface area is 83.9 Å². The number of nitrogens with one attached hydrogen (secondary N) is 1. The van der Waals surface area contributed by atoms with Gasteiger partial charge in [-0.25, -0.2) is 4.79 Å². The Hall–Kier alpha value is -1.59. The summed E-state index contributed by atoms with van der Waals surface area (Å²) in [5, 5.41) is 11.6. The van der Waals surface area contributed by atoms with Crippen LogP contribution in [-0.4, -0.2) is 11.1 Å². The molecule has 1 aromatic heterocycles. The molecule has 72 valence electrons. The monoisotopic (exact) mass is 208 g/mol. The highest BCUT2D eigenvalue weighted by atomic mass is 32.1. The van der Waals surface area contributed by atoms with E-state index in [1.807, 2.05) is 11.4 Å². The van der Waals surface area contributed by atoms with Gasteiger partial charge in [-0.05, 0) is 23.6 Å². The van der Waals surface area contributed by atoms with Crippen LogP contribution in [0.4, 0.5) is 5.69 Å². The maximum Gasteiger partial charge on any atom is 0.337 e. The predicted octanol–water partition coefficient (Wildman–Crippen LogP) is 1.89. The van der Waals surface area contributed by atoms with Crippen LogP contribution in [0.1, 0.15) is 10.4 Å². The Morgan fingerprint density at radius 2 is 2.21 bits per heavy atom. The van der Waals surface area contributed by atoms with Crippen LogP contribution in [0.3, 0.4) is 0 Å². The number of hydrogen-bond donors (Lipinski definition) is 3. The molecule has 0 atom stereocenters. The second kappa shape index (κ2) is 3.28. The van der Waals surface area contributed by atoms with Gasteiger partial charge in [0.05, 0.1) is 16.0 Å². The highest BCUT2D eigenvalue weighted by molar-refractivity contribution is 7.17. The summed E-state index contributed by atoms with van der Waals surface area (Å²) in [5.41, 5.74) is 3.59. The molecule has 1 heterocycles. The Morgan fingerprint density at radius 1 is 1.43 bits per heavy atom. The molecule has 0 unspecified atom stereocenters. The largest absolute Gasteiger partial charge is 0.478 e. The summed E-state index contributed by atoms with van der Waals surface area (Å²) in [6, 6.07) is 5.07. The van der Waals surface area contributed by atoms with Crippen molar-refractivity contribution in [2.75, 3.05) is 5.43 Å². The molecule has 0 saturated heterocycles. The number of anilines is 1. The van der Waals surface area contributed by atoms with Gasteiger partial charge in [0.15, 0.2) is 0 Å². The van der Waals surface area contributed by atoms with Crippen molar-refractivity contribution in [3.63, 3.8) is 0 Å². The lowest BCUT2D eigenvalue weighted by atomic mass is 10.1. The lowest BCUT2D eigenvalue weighted by molar-refractivity contribution is 0.0699. The van der Waals surface area contributed by atoms with Gasteiger partial charge >= 0.3 is 5.97 Å². The number of aromatic carboxylic acids is 1. The molecule has 14 heavy (non-hydrogen) atoms. The number of fused-ring (bicyclic) bond motifs is 1. The first-order chi connectivity index (χ1) is 6.74. The molecule has 0 spiro atoms. The van der Waals surface area contributed by atoms with Gasteiger partial charge in [-0.3, -0.25) is 5.84 Å². The van der Waals surface area contributed by atoms with E-state index in [1.54, 1.807) is 12.1 Å². The zero-order valence-corrected chi connectivity index (χ0v) is 7.97. The van der Waals surface area contributed by atoms with Crippen LogP contribution in [0.2, 0.25) is 0 Å². The number of carboxylic acids is 1. The lowest BCUT2D eigenvalue weighted by Crippen LogP contribution is -2.07. The van der Waals surface area contributed by atoms with E-state index >= 15 is 0 Å². The molecule has 4 nitrogen and oxygen atoms in total. The summed E-state index contributed by atoms with van der Waals surface area (Å²) < 4.78 is 0.743. The maximum absolute atomic E-state index is 10.9. The summed E-state index contributed by atoms with van der Waals surface area (Å²) in [4.78, 5) is 10.9. The van der Waals surface area contributed by atoms with Crippen molar-refractivity contribution in [2.45, 2.75) is 0 Å². The highest BCUT2D eigenvalue weighted by Crippen LogP contribution is 2.30. The number of nitrogen functional groups attached to an aromatic ring is 1. The smallest absolute Gasteiger partial charge is 0.337 e. The number of carbonyl (C=O) groups is 1. The molecule has 0 radical (unpaired) electrons. The first-order valence-corrected chi connectivity index (χ1v) is 4.82. The van der Waals surface area contributed by atoms with Gasteiger partial charge in [-0.15, -0.1) is 11.3 Å². The first kappa shape index (κ1) is 8.98. The Bertz CT molecular complexity index is 493. The van der Waals surface area contributed by atoms with E-state index in [0.717, 1.165) is 15.8 Å². The molecule has 1 aromatic carbocycles. The molecule has 0 saturated carbocycles. The quantitative estimate of drug-likeness (QED) is 0.520. The molecule has 0 amide bonds. The van der Waals surface area contributed by atoms with Crippen molar-refractivity contribution >= 4 is 33.1 Å². The second-order valence-corrected chi connectivity index (χ2v) is 3.69. The van der Waals surface area contributed by atoms with Crippen LogP contribution >= 0.6 is 11.3 Å². The molecule has 2 rings (SSSR count). The average Bonchev–Trinajstić information content (AvgIpc) is 2.64. The SMILES string of the molecule is NNc1ccc(C(=O)O)c2sccc12. The third-order valence-corrected chi connectivity index (χ3v) is 2.95. The molecular formula is C9H8N2O2S. The van der Waals surface area contributed by atoms with Crippen LogP contribution in [0.25, 0.3) is 10.1 Å². The van der Waals surface area contributed by atoms with Crippen LogP contribution < -0.4 is 11.3 Å². The zero-order chi connectivity index (χ0) is 10.1. The highest BCUT2D eigenvalue weighted by Gasteiger charge is 2.11. The van der Waals surface area contributed by atoms with E-state index in [4.69, 9.17) is 10.9 Å². The van der Waals surface area contributed by atoms with Gasteiger partial charge in [-0.1, -0.05) is 0 Å². The molecule has 0 aliphatic heterocycles. The number of carboxylic acid groups (broad SMARTS) is 1. The van der Waals surface area contributed by atoms with Gasteiger partial charge in [0.1, 0.15) is 0 Å². The summed E-state index contributed by atoms with van der Waals surface area (Å²) in [7, 11) is 0. The fourth-order valence-electron chi connectivity index (χ4n) is 1.36. The summed E-state index contributed by atoms with van der Waals surface area (Å²) in [6.07, 6.45) is 0. The van der Waals surface area contributed by atoms with E-state index in [-0.39, 0.29) is 0 Å². The topological polar surface area (TPSA) is 75.3 Å². The molecule has 0 fully saturated rings. The molecule has 0 bridgehead atoms. The van der Waals surface area contributed by atoms with Crippen LogP contribution in [0.5, 0.6) is 0 Å². The molecule has 0 aliphatic rings. The molecular weight excluding hydrogens is 200 g/mol. The zero-order valence-electron chi connectivity index (χ0n) is 7.15. The Kier molecular flexibility index (Phi) is 2.11. The summed E-state index contributed by atoms with van der Waals surface area (Å²) >= 11 is 1.40. The van der Waals surface area contributed by atoms with E-state index in [0.29, 0.717) is 5.56 Å². The minimum Gasteiger partial charge on any atom is -0.478 e. The van der Waals surface area contributed by atoms with E-state index in [1.165, 1.54) is 11.3 Å². The summed E-state index contributed by atoms with van der Waals surface area (Å²) in [6.45, 7) is 0. The minimum atomic E-state index is -0.916. The van der Waals surface area contributed by atoms with Crippen molar-refractivity contribution in [3.8, 4) is 0 Å². The average molecular weight is 208 g/mol. The number of rotatable bonds is 2. The third kappa shape index (κ3) is 1.23. The van der Waals surface area contributed by atoms with Gasteiger partial charge in [-0.2, -0.15) is 0 Å². The van der Waals surface area contributed by atoms with Crippen molar-refractivity contribution in [3.05, 3.63) is 29.1 Å². The molecule has 2 aromatic rings. The standard InChI is InChI=1S/C9H8N2O2S/c10-11-7-2-1-6(9(12)13)8-5(7)3-4-14-8/h1-4,11H,10H2,(H,12,13). The van der Waals surface area contributed by atoms with Crippen molar-refractivity contribution in [1.29, 1.82) is 0 Å². The molecule has 0 aliphatic carbocycles. The summed E-state index contributed by atoms with van der Waals surface area (Å²) in [5.74, 6) is 4.39. The predicted molar refractivity (Wildman–Crippen MR) is 56.6 cm³/mol. The number of nitrogens with two attached hydrogens (primary N) is 1. The van der Waals surface area contributed by atoms with Crippen molar-refractivity contribution in [1.82, 2.24) is 0 Å². The van der Waals surface area contributed by atoms with E-state index in [9.17, 15) is 4.79 Å². The van der Waals surface area contributed by atoms with Gasteiger partial charge < -0.3 is 10.5 Å². The van der Waals surface area contributed by atoms with Crippen molar-refractivity contribution < 1.29 is 9.90 Å². The van der Waals surface area contributed by atoms with Crippen LogP contribution in [0, 0.1) is 0 Å². The number of thiophene rings is 1. The van der Waals surface area contributed by atoms with E-state index < -0.39 is 5.97 Å².